The van der Waals surface area contributed by atoms with E-state index in [4.69, 9.17) is 4.98 Å². The minimum absolute atomic E-state index is 0.0578. The van der Waals surface area contributed by atoms with Gasteiger partial charge in [-0.1, -0.05) is 34.1 Å². The first-order valence-corrected chi connectivity index (χ1v) is 11.3. The van der Waals surface area contributed by atoms with E-state index in [1.165, 1.54) is 0 Å². The fraction of sp³-hybridized carbons (Fsp3) is 0. The van der Waals surface area contributed by atoms with Gasteiger partial charge in [-0.3, -0.25) is 4.79 Å². The Kier molecular flexibility index (Phi) is 4.32. The molecular weight excluding hydrogens is 620 g/mol. The maximum atomic E-state index is 12.5. The number of phenols is 1. The summed E-state index contributed by atoms with van der Waals surface area (Å²) in [6.07, 6.45) is 0. The van der Waals surface area contributed by atoms with Crippen LogP contribution in [0.5, 0.6) is 5.75 Å². The van der Waals surface area contributed by atoms with Crippen molar-refractivity contribution >= 4 is 107 Å². The molecule has 0 unspecified atom stereocenters. The van der Waals surface area contributed by atoms with Gasteiger partial charge in [-0.25, -0.2) is 4.98 Å². The first-order chi connectivity index (χ1) is 13.4. The Morgan fingerprint density at radius 3 is 2.46 bits per heavy atom. The smallest absolute Gasteiger partial charge is 0.188 e. The Hall–Kier alpha value is -1.48. The van der Waals surface area contributed by atoms with Gasteiger partial charge in [0.25, 0.3) is 0 Å². The monoisotopic (exact) mass is 624 g/mol. The molecule has 0 radical (unpaired) electrons. The maximum Gasteiger partial charge on any atom is 0.188 e. The standard InChI is InChI=1S/C20H8Br4N2O2/c21-8-6-10-19(14-13(8)15(22)16(23)17(24)20(14)28)25-9-5-4-7-2-1-3-11(27)12(7)18(9)26-10/h1-6,26,28H. The highest BCUT2D eigenvalue weighted by Gasteiger charge is 2.20. The van der Waals surface area contributed by atoms with E-state index in [-0.39, 0.29) is 11.2 Å². The highest BCUT2D eigenvalue weighted by molar-refractivity contribution is 9.14. The second kappa shape index (κ2) is 6.52. The Morgan fingerprint density at radius 1 is 0.893 bits per heavy atom. The van der Waals surface area contributed by atoms with Crippen LogP contribution in [-0.2, 0) is 0 Å². The van der Waals surface area contributed by atoms with E-state index in [1.54, 1.807) is 12.1 Å². The molecule has 0 aliphatic carbocycles. The highest BCUT2D eigenvalue weighted by Crippen LogP contribution is 2.49. The normalized spacial score (nSPS) is 11.9. The summed E-state index contributed by atoms with van der Waals surface area (Å²) < 4.78 is 2.83. The van der Waals surface area contributed by atoms with E-state index >= 15 is 0 Å². The predicted molar refractivity (Wildman–Crippen MR) is 127 cm³/mol. The number of benzene rings is 4. The van der Waals surface area contributed by atoms with Gasteiger partial charge in [0.1, 0.15) is 5.75 Å². The van der Waals surface area contributed by atoms with Crippen molar-refractivity contribution in [1.29, 1.82) is 0 Å². The molecule has 28 heavy (non-hydrogen) atoms. The molecule has 0 amide bonds. The lowest BCUT2D eigenvalue weighted by Gasteiger charge is -2.14. The number of nitrogens with zero attached hydrogens (tertiary/aromatic N) is 1. The average molecular weight is 628 g/mol. The van der Waals surface area contributed by atoms with Crippen molar-refractivity contribution in [1.82, 2.24) is 9.97 Å². The first kappa shape index (κ1) is 18.5. The van der Waals surface area contributed by atoms with Gasteiger partial charge >= 0.3 is 0 Å². The quantitative estimate of drug-likeness (QED) is 0.109. The van der Waals surface area contributed by atoms with Gasteiger partial charge < -0.3 is 10.1 Å². The van der Waals surface area contributed by atoms with E-state index in [2.05, 4.69) is 68.7 Å². The van der Waals surface area contributed by atoms with Crippen molar-refractivity contribution in [2.75, 3.05) is 0 Å². The Morgan fingerprint density at radius 2 is 1.68 bits per heavy atom. The molecule has 0 saturated carbocycles. The molecule has 0 fully saturated rings. The summed E-state index contributed by atoms with van der Waals surface area (Å²) in [5.74, 6) is 0.0851. The largest absolute Gasteiger partial charge is 0.506 e. The fourth-order valence-electron chi connectivity index (χ4n) is 3.53. The molecule has 0 aliphatic heterocycles. The SMILES string of the molecule is O=c1cccc2ccc3nc4c(cc(Br)c5c(Br)c(Br)c(Br)c(O)c54)[nH]c3c12. The van der Waals surface area contributed by atoms with Crippen LogP contribution < -0.4 is 5.43 Å². The molecular formula is C20H8Br4N2O2. The summed E-state index contributed by atoms with van der Waals surface area (Å²) in [6, 6.07) is 10.9. The number of aromatic hydroxyl groups is 1. The number of rotatable bonds is 0. The van der Waals surface area contributed by atoms with E-state index in [1.807, 2.05) is 24.3 Å². The summed E-state index contributed by atoms with van der Waals surface area (Å²) in [5.41, 5.74) is 2.59. The molecule has 138 valence electrons. The van der Waals surface area contributed by atoms with Gasteiger partial charge in [-0.15, -0.1) is 0 Å². The lowest BCUT2D eigenvalue weighted by Crippen LogP contribution is -2.01. The first-order valence-electron chi connectivity index (χ1n) is 8.11. The van der Waals surface area contributed by atoms with Gasteiger partial charge in [-0.05, 0) is 71.4 Å². The summed E-state index contributed by atoms with van der Waals surface area (Å²) >= 11 is 14.1. The van der Waals surface area contributed by atoms with Crippen molar-refractivity contribution in [2.24, 2.45) is 0 Å². The fourth-order valence-corrected chi connectivity index (χ4v) is 6.08. The highest BCUT2D eigenvalue weighted by atomic mass is 79.9. The van der Waals surface area contributed by atoms with Gasteiger partial charge in [-0.2, -0.15) is 0 Å². The third-order valence-electron chi connectivity index (χ3n) is 4.78. The number of halogens is 4. The average Bonchev–Trinajstić information content (AvgIpc) is 2.68. The maximum absolute atomic E-state index is 12.5. The van der Waals surface area contributed by atoms with Gasteiger partial charge in [0.05, 0.1) is 41.8 Å². The van der Waals surface area contributed by atoms with E-state index < -0.39 is 0 Å². The van der Waals surface area contributed by atoms with Crippen LogP contribution in [0.2, 0.25) is 0 Å². The van der Waals surface area contributed by atoms with Crippen LogP contribution in [0, 0.1) is 0 Å². The van der Waals surface area contributed by atoms with Crippen molar-refractivity contribution in [3.8, 4) is 5.75 Å². The van der Waals surface area contributed by atoms with Crippen LogP contribution in [0.4, 0.5) is 0 Å². The number of phenolic OH excluding ortho intramolecular Hbond substituents is 1. The molecule has 5 aromatic rings. The number of hydrogen-bond donors (Lipinski definition) is 2. The molecule has 0 aliphatic rings. The molecule has 5 rings (SSSR count). The van der Waals surface area contributed by atoms with Gasteiger partial charge in [0.2, 0.25) is 0 Å². The summed E-state index contributed by atoms with van der Waals surface area (Å²) in [5, 5.41) is 13.7. The zero-order valence-electron chi connectivity index (χ0n) is 13.8. The number of aromatic amines is 1. The van der Waals surface area contributed by atoms with Crippen LogP contribution in [0.3, 0.4) is 0 Å². The molecule has 1 aromatic heterocycles. The number of nitrogens with one attached hydrogen (secondary N) is 1. The third kappa shape index (κ3) is 2.51. The van der Waals surface area contributed by atoms with E-state index in [0.717, 1.165) is 19.7 Å². The van der Waals surface area contributed by atoms with Crippen LogP contribution in [0.25, 0.3) is 43.6 Å². The van der Waals surface area contributed by atoms with Crippen LogP contribution >= 0.6 is 63.7 Å². The second-order valence-electron chi connectivity index (χ2n) is 6.35. The molecule has 0 spiro atoms. The van der Waals surface area contributed by atoms with Crippen molar-refractivity contribution in [3.05, 3.63) is 64.5 Å². The molecule has 1 heterocycles. The Bertz CT molecular complexity index is 1540. The molecule has 4 nitrogen and oxygen atoms in total. The van der Waals surface area contributed by atoms with E-state index in [0.29, 0.717) is 41.8 Å². The van der Waals surface area contributed by atoms with Crippen LogP contribution in [-0.4, -0.2) is 15.1 Å². The number of hydrogen-bond acceptors (Lipinski definition) is 3. The van der Waals surface area contributed by atoms with Crippen LogP contribution in [0.1, 0.15) is 0 Å². The molecule has 0 bridgehead atoms. The molecule has 8 heteroatoms. The molecule has 0 atom stereocenters. The third-order valence-corrected chi connectivity index (χ3v) is 8.83. The lowest BCUT2D eigenvalue weighted by molar-refractivity contribution is 0.478. The Balaban J connectivity index is 2.08. The Labute approximate surface area is 191 Å². The van der Waals surface area contributed by atoms with Gasteiger partial charge in [0, 0.05) is 14.3 Å². The molecule has 2 N–H and O–H groups in total. The van der Waals surface area contributed by atoms with Crippen molar-refractivity contribution in [3.63, 3.8) is 0 Å². The summed E-state index contributed by atoms with van der Waals surface area (Å²) in [6.45, 7) is 0. The summed E-state index contributed by atoms with van der Waals surface area (Å²) in [7, 11) is 0. The van der Waals surface area contributed by atoms with Gasteiger partial charge in [0.15, 0.2) is 5.43 Å². The molecule has 4 aromatic carbocycles. The van der Waals surface area contributed by atoms with Crippen LogP contribution in [0.15, 0.2) is 59.1 Å². The minimum Gasteiger partial charge on any atom is -0.506 e. The number of H-pyrrole nitrogens is 1. The minimum atomic E-state index is -0.0578. The number of aromatic nitrogens is 2. The zero-order valence-corrected chi connectivity index (χ0v) is 20.1. The van der Waals surface area contributed by atoms with Crippen molar-refractivity contribution in [2.45, 2.75) is 0 Å². The summed E-state index contributed by atoms with van der Waals surface area (Å²) in [4.78, 5) is 20.6. The van der Waals surface area contributed by atoms with E-state index in [9.17, 15) is 9.90 Å². The lowest BCUT2D eigenvalue weighted by atomic mass is 10.1. The van der Waals surface area contributed by atoms with Crippen molar-refractivity contribution < 1.29 is 5.11 Å². The zero-order chi connectivity index (χ0) is 19.7. The second-order valence-corrected chi connectivity index (χ2v) is 9.58. The topological polar surface area (TPSA) is 66.0 Å². The number of fused-ring (bicyclic) bond motifs is 6. The molecule has 0 saturated heterocycles. The predicted octanol–water partition coefficient (Wildman–Crippen LogP) is 7.14.